The van der Waals surface area contributed by atoms with Crippen molar-refractivity contribution < 1.29 is 19.2 Å². The summed E-state index contributed by atoms with van der Waals surface area (Å²) in [6.45, 7) is 0. The van der Waals surface area contributed by atoms with E-state index in [4.69, 9.17) is 19.2 Å². The first-order valence-electron chi connectivity index (χ1n) is 25.8. The molecule has 11 aromatic rings. The Hall–Kier alpha value is -7.68. The van der Waals surface area contributed by atoms with E-state index in [1.54, 1.807) is 48.5 Å². The largest absolute Gasteiger partial charge is 0.310 e. The number of aromatic nitrogens is 1. The lowest BCUT2D eigenvalue weighted by Gasteiger charge is -2.26. The van der Waals surface area contributed by atoms with Crippen molar-refractivity contribution in [1.82, 2.24) is 4.57 Å². The Balaban J connectivity index is 1.11. The van der Waals surface area contributed by atoms with Crippen LogP contribution < -0.4 is 4.90 Å². The Morgan fingerprint density at radius 2 is 0.914 bits per heavy atom. The molecule has 1 aromatic heterocycles. The molecule has 0 atom stereocenters. The van der Waals surface area contributed by atoms with Gasteiger partial charge >= 0.3 is 0 Å². The van der Waals surface area contributed by atoms with Crippen molar-refractivity contribution in [3.63, 3.8) is 0 Å². The molecule has 0 unspecified atom stereocenters. The summed E-state index contributed by atoms with van der Waals surface area (Å²) in [6.07, 6.45) is 0. The van der Waals surface area contributed by atoms with Gasteiger partial charge in [-0.3, -0.25) is 0 Å². The lowest BCUT2D eigenvalue weighted by Crippen LogP contribution is -2.10. The minimum Gasteiger partial charge on any atom is -0.310 e. The quantitative estimate of drug-likeness (QED) is 0.157. The van der Waals surface area contributed by atoms with Gasteiger partial charge in [0.15, 0.2) is 0 Å². The first-order chi connectivity index (χ1) is 34.6. The van der Waals surface area contributed by atoms with Crippen LogP contribution in [0.25, 0.3) is 82.4 Å². The average molecular weight is 753 g/mol. The Morgan fingerprint density at radius 3 is 1.57 bits per heavy atom. The fourth-order valence-electron chi connectivity index (χ4n) is 7.99. The highest BCUT2D eigenvalue weighted by Crippen LogP contribution is 2.43. The maximum Gasteiger partial charge on any atom is 0.0629 e. The van der Waals surface area contributed by atoms with Crippen molar-refractivity contribution in [1.29, 1.82) is 0 Å². The van der Waals surface area contributed by atoms with Crippen molar-refractivity contribution >= 4 is 60.4 Å². The van der Waals surface area contributed by atoms with Crippen LogP contribution in [0.3, 0.4) is 0 Å². The molecule has 11 rings (SSSR count). The normalized spacial score (nSPS) is 14.8. The zero-order chi connectivity index (χ0) is 50.6. The number of anilines is 3. The van der Waals surface area contributed by atoms with E-state index in [9.17, 15) is 0 Å². The van der Waals surface area contributed by atoms with E-state index in [2.05, 4.69) is 47.0 Å². The fraction of sp³-hybridized carbons (Fsp3) is 0. The molecule has 2 heteroatoms. The molecule has 0 N–H and O–H groups in total. The highest BCUT2D eigenvalue weighted by molar-refractivity contribution is 6.16. The number of rotatable bonds is 7. The number of fused-ring (bicyclic) bond motifs is 5. The maximum absolute atomic E-state index is 9.00. The Morgan fingerprint density at radius 1 is 0.362 bits per heavy atom. The van der Waals surface area contributed by atoms with E-state index in [-0.39, 0.29) is 44.8 Å². The van der Waals surface area contributed by atoms with E-state index < -0.39 is 72.5 Å². The number of hydrogen-bond acceptors (Lipinski definition) is 1. The minimum atomic E-state index is -0.536. The van der Waals surface area contributed by atoms with Gasteiger partial charge in [-0.15, -0.1) is 0 Å². The first-order valence-corrected chi connectivity index (χ1v) is 18.8. The number of benzene rings is 10. The molecule has 2 nitrogen and oxygen atoms in total. The zero-order valence-corrected chi connectivity index (χ0v) is 30.8. The second-order valence-corrected chi connectivity index (χ2v) is 13.9. The molecule has 0 spiro atoms. The van der Waals surface area contributed by atoms with Gasteiger partial charge in [-0.25, -0.2) is 0 Å². The Kier molecular flexibility index (Phi) is 5.39. The monoisotopic (exact) mass is 752 g/mol. The second-order valence-electron chi connectivity index (χ2n) is 13.9. The van der Waals surface area contributed by atoms with Gasteiger partial charge in [-0.05, 0) is 116 Å². The second kappa shape index (κ2) is 14.1. The van der Waals surface area contributed by atoms with Gasteiger partial charge in [0.05, 0.1) is 30.2 Å². The van der Waals surface area contributed by atoms with Crippen LogP contribution in [-0.2, 0) is 0 Å². The molecular formula is C56H38N2. The van der Waals surface area contributed by atoms with Gasteiger partial charge in [-0.1, -0.05) is 170 Å². The Bertz CT molecular complexity index is 3900. The van der Waals surface area contributed by atoms with Crippen molar-refractivity contribution in [2.24, 2.45) is 0 Å². The third kappa shape index (κ3) is 5.74. The average Bonchev–Trinajstić information content (AvgIpc) is 3.75. The van der Waals surface area contributed by atoms with E-state index in [0.29, 0.717) is 22.5 Å². The number of nitrogens with zero attached hydrogens (tertiary/aromatic N) is 2. The lowest BCUT2D eigenvalue weighted by atomic mass is 9.97. The summed E-state index contributed by atoms with van der Waals surface area (Å²) in [5, 5.41) is 1.79. The van der Waals surface area contributed by atoms with E-state index >= 15 is 0 Å². The predicted octanol–water partition coefficient (Wildman–Crippen LogP) is 15.6. The van der Waals surface area contributed by atoms with Crippen molar-refractivity contribution in [2.75, 3.05) is 4.90 Å². The van der Waals surface area contributed by atoms with E-state index in [0.717, 1.165) is 44.3 Å². The predicted molar refractivity (Wildman–Crippen MR) is 247 cm³/mol. The van der Waals surface area contributed by atoms with Crippen molar-refractivity contribution in [3.05, 3.63) is 230 Å². The molecule has 0 aliphatic rings. The molecule has 0 saturated carbocycles. The maximum atomic E-state index is 9.00. The number of hydrogen-bond donors (Lipinski definition) is 0. The molecule has 0 bridgehead atoms. The molecule has 0 radical (unpaired) electrons. The topological polar surface area (TPSA) is 8.17 Å². The van der Waals surface area contributed by atoms with E-state index in [1.807, 2.05) is 59.5 Å². The lowest BCUT2D eigenvalue weighted by molar-refractivity contribution is 1.18. The summed E-state index contributed by atoms with van der Waals surface area (Å²) in [6, 6.07) is 40.3. The standard InChI is InChI=1S/C56H38N2/c1-2-19-44(20-3-1)58-54-28-9-8-24-53(54)56-52(27-13-29-55(56)58)43-18-10-21-47(38-43)57(45-34-30-41(31-35-45)50-25-11-16-39-14-4-6-22-48(39)50)46-36-32-42(33-37-46)51-26-12-17-40-15-5-7-23-49(40)51/h1-38H/i4D,5D,6D,7D,11D,12D,14D,15D,16D,17D,22D,23D,25D,26D. The van der Waals surface area contributed by atoms with Crippen LogP contribution in [0.4, 0.5) is 17.1 Å². The van der Waals surface area contributed by atoms with Crippen LogP contribution in [0.15, 0.2) is 230 Å². The Labute approximate surface area is 357 Å². The van der Waals surface area contributed by atoms with Crippen LogP contribution in [0.1, 0.15) is 19.2 Å². The van der Waals surface area contributed by atoms with Crippen LogP contribution in [0.5, 0.6) is 0 Å². The van der Waals surface area contributed by atoms with Gasteiger partial charge in [0, 0.05) is 33.5 Å². The smallest absolute Gasteiger partial charge is 0.0629 e. The molecule has 58 heavy (non-hydrogen) atoms. The van der Waals surface area contributed by atoms with Gasteiger partial charge < -0.3 is 9.47 Å². The highest BCUT2D eigenvalue weighted by atomic mass is 15.1. The van der Waals surface area contributed by atoms with Gasteiger partial charge in [-0.2, -0.15) is 0 Å². The molecule has 10 aromatic carbocycles. The SMILES string of the molecule is [2H]c1c([2H])c([2H])c2c(-c3ccc(N(c4ccc(-c5c([2H])c([2H])c([2H])c6c([2H])c([2H])c([2H])c([2H])c56)cc4)c4cccc(-c5cccc6c5c5ccccc5n6-c5ccccc5)c4)cc3)c([2H])c([2H])c([2H])c2c1[2H]. The molecule has 0 saturated heterocycles. The molecule has 0 fully saturated rings. The zero-order valence-electron chi connectivity index (χ0n) is 44.8. The molecule has 0 amide bonds. The third-order valence-electron chi connectivity index (χ3n) is 10.6. The first kappa shape index (κ1) is 22.2. The van der Waals surface area contributed by atoms with Crippen LogP contribution in [0.2, 0.25) is 0 Å². The number of para-hydroxylation sites is 2. The highest BCUT2D eigenvalue weighted by Gasteiger charge is 2.19. The minimum absolute atomic E-state index is 0.0249. The van der Waals surface area contributed by atoms with Crippen LogP contribution in [-0.4, -0.2) is 4.57 Å². The summed E-state index contributed by atoms with van der Waals surface area (Å²) in [5.74, 6) is 0. The third-order valence-corrected chi connectivity index (χ3v) is 10.6. The van der Waals surface area contributed by atoms with Crippen LogP contribution in [0, 0.1) is 0 Å². The van der Waals surface area contributed by atoms with Crippen molar-refractivity contribution in [2.45, 2.75) is 0 Å². The van der Waals surface area contributed by atoms with Gasteiger partial charge in [0.25, 0.3) is 0 Å². The summed E-state index contributed by atoms with van der Waals surface area (Å²) >= 11 is 0. The van der Waals surface area contributed by atoms with E-state index in [1.165, 1.54) is 0 Å². The summed E-state index contributed by atoms with van der Waals surface area (Å²) in [7, 11) is 0. The van der Waals surface area contributed by atoms with Crippen LogP contribution >= 0.6 is 0 Å². The van der Waals surface area contributed by atoms with Gasteiger partial charge in [0.2, 0.25) is 0 Å². The summed E-state index contributed by atoms with van der Waals surface area (Å²) < 4.78 is 123. The summed E-state index contributed by atoms with van der Waals surface area (Å²) in [4.78, 5) is 1.98. The molecule has 0 aliphatic heterocycles. The molecule has 272 valence electrons. The molecule has 1 heterocycles. The molecular weight excluding hydrogens is 701 g/mol. The summed E-state index contributed by atoms with van der Waals surface area (Å²) in [5.41, 5.74) is 7.91. The fourth-order valence-corrected chi connectivity index (χ4v) is 7.99. The van der Waals surface area contributed by atoms with Gasteiger partial charge in [0.1, 0.15) is 0 Å². The molecule has 0 aliphatic carbocycles. The van der Waals surface area contributed by atoms with Crippen molar-refractivity contribution in [3.8, 4) is 39.1 Å².